The van der Waals surface area contributed by atoms with Crippen molar-refractivity contribution in [3.05, 3.63) is 29.1 Å². The topological polar surface area (TPSA) is 91.2 Å². The molecule has 1 aromatic heterocycles. The largest absolute Gasteiger partial charge is 0.381 e. The van der Waals surface area contributed by atoms with Gasteiger partial charge in [-0.1, -0.05) is 13.0 Å². The predicted octanol–water partition coefficient (Wildman–Crippen LogP) is 1.59. The molecule has 4 N–H and O–H groups in total. The molecular formula is C17H25N3O2. The minimum absolute atomic E-state index is 0.270. The van der Waals surface area contributed by atoms with Crippen LogP contribution in [-0.4, -0.2) is 24.1 Å². The third-order valence-corrected chi connectivity index (χ3v) is 5.38. The summed E-state index contributed by atoms with van der Waals surface area (Å²) in [7, 11) is 0. The number of nitrogens with two attached hydrogens (primary N) is 2. The Hall–Kier alpha value is -1.46. The average Bonchev–Trinajstić information content (AvgIpc) is 3.36. The van der Waals surface area contributed by atoms with Crippen molar-refractivity contribution in [3.63, 3.8) is 0 Å². The Labute approximate surface area is 131 Å². The van der Waals surface area contributed by atoms with Crippen molar-refractivity contribution in [2.75, 3.05) is 13.2 Å². The van der Waals surface area contributed by atoms with E-state index in [-0.39, 0.29) is 5.91 Å². The Bertz CT molecular complexity index is 563. The molecule has 2 fully saturated rings. The minimum atomic E-state index is -0.537. The summed E-state index contributed by atoms with van der Waals surface area (Å²) < 4.78 is 5.45. The number of nitrogens with zero attached hydrogens (tertiary/aromatic N) is 1. The van der Waals surface area contributed by atoms with Gasteiger partial charge in [-0.25, -0.2) is 0 Å². The van der Waals surface area contributed by atoms with Crippen molar-refractivity contribution in [3.8, 4) is 0 Å². The van der Waals surface area contributed by atoms with Gasteiger partial charge in [0, 0.05) is 19.8 Å². The standard InChI is InChI=1S/C17H25N3O2/c1-11(12-4-8-22-9-5-12)13-2-3-15(20-14(13)10-18)17(6-7-17)16(19)21/h2-3,11-12H,4-10,18H2,1H3,(H2,19,21). The van der Waals surface area contributed by atoms with Crippen LogP contribution < -0.4 is 11.5 Å². The molecule has 0 radical (unpaired) electrons. The van der Waals surface area contributed by atoms with E-state index < -0.39 is 5.41 Å². The summed E-state index contributed by atoms with van der Waals surface area (Å²) in [6.07, 6.45) is 3.76. The van der Waals surface area contributed by atoms with Crippen molar-refractivity contribution in [2.45, 2.75) is 50.5 Å². The molecule has 1 atom stereocenters. The Morgan fingerprint density at radius 1 is 1.41 bits per heavy atom. The van der Waals surface area contributed by atoms with E-state index >= 15 is 0 Å². The van der Waals surface area contributed by atoms with E-state index in [0.717, 1.165) is 50.3 Å². The van der Waals surface area contributed by atoms with Crippen LogP contribution in [0.25, 0.3) is 0 Å². The van der Waals surface area contributed by atoms with Crippen molar-refractivity contribution in [1.29, 1.82) is 0 Å². The van der Waals surface area contributed by atoms with Crippen LogP contribution in [0.5, 0.6) is 0 Å². The first-order valence-electron chi connectivity index (χ1n) is 8.16. The van der Waals surface area contributed by atoms with E-state index in [2.05, 4.69) is 13.0 Å². The predicted molar refractivity (Wildman–Crippen MR) is 84.2 cm³/mol. The number of carbonyl (C=O) groups is 1. The Kier molecular flexibility index (Phi) is 4.19. The number of amides is 1. The van der Waals surface area contributed by atoms with Gasteiger partial charge >= 0.3 is 0 Å². The van der Waals surface area contributed by atoms with Gasteiger partial charge in [0.15, 0.2) is 0 Å². The van der Waals surface area contributed by atoms with Crippen LogP contribution in [-0.2, 0) is 21.5 Å². The molecule has 1 aliphatic heterocycles. The van der Waals surface area contributed by atoms with E-state index in [1.54, 1.807) is 0 Å². The fraction of sp³-hybridized carbons (Fsp3) is 0.647. The van der Waals surface area contributed by atoms with Gasteiger partial charge in [-0.2, -0.15) is 0 Å². The Morgan fingerprint density at radius 3 is 2.64 bits per heavy atom. The quantitative estimate of drug-likeness (QED) is 0.864. The lowest BCUT2D eigenvalue weighted by Crippen LogP contribution is -2.30. The number of hydrogen-bond donors (Lipinski definition) is 2. The molecule has 120 valence electrons. The molecule has 1 aromatic rings. The molecule has 2 aliphatic rings. The van der Waals surface area contributed by atoms with Crippen LogP contribution in [0.15, 0.2) is 12.1 Å². The maximum atomic E-state index is 11.7. The third-order valence-electron chi connectivity index (χ3n) is 5.38. The van der Waals surface area contributed by atoms with Gasteiger partial charge in [0.25, 0.3) is 0 Å². The van der Waals surface area contributed by atoms with Crippen molar-refractivity contribution in [2.24, 2.45) is 17.4 Å². The smallest absolute Gasteiger partial charge is 0.229 e. The van der Waals surface area contributed by atoms with Gasteiger partial charge < -0.3 is 16.2 Å². The second-order valence-electron chi connectivity index (χ2n) is 6.62. The number of hydrogen-bond acceptors (Lipinski definition) is 4. The highest BCUT2D eigenvalue weighted by Crippen LogP contribution is 2.47. The van der Waals surface area contributed by atoms with Crippen LogP contribution >= 0.6 is 0 Å². The maximum Gasteiger partial charge on any atom is 0.229 e. The molecule has 5 heteroatoms. The highest BCUT2D eigenvalue weighted by Gasteiger charge is 2.51. The number of primary amides is 1. The van der Waals surface area contributed by atoms with Gasteiger partial charge in [0.05, 0.1) is 16.8 Å². The van der Waals surface area contributed by atoms with Crippen LogP contribution in [0.2, 0.25) is 0 Å². The van der Waals surface area contributed by atoms with Crippen molar-refractivity contribution < 1.29 is 9.53 Å². The summed E-state index contributed by atoms with van der Waals surface area (Å²) in [5.41, 5.74) is 13.8. The van der Waals surface area contributed by atoms with Crippen LogP contribution in [0, 0.1) is 5.92 Å². The van der Waals surface area contributed by atoms with Crippen LogP contribution in [0.3, 0.4) is 0 Å². The summed E-state index contributed by atoms with van der Waals surface area (Å²) in [4.78, 5) is 16.4. The van der Waals surface area contributed by atoms with Gasteiger partial charge in [-0.3, -0.25) is 9.78 Å². The lowest BCUT2D eigenvalue weighted by atomic mass is 9.81. The fourth-order valence-corrected chi connectivity index (χ4v) is 3.58. The maximum absolute atomic E-state index is 11.7. The number of pyridine rings is 1. The first kappa shape index (κ1) is 15.4. The van der Waals surface area contributed by atoms with Crippen molar-refractivity contribution >= 4 is 5.91 Å². The van der Waals surface area contributed by atoms with Crippen LogP contribution in [0.1, 0.15) is 55.5 Å². The van der Waals surface area contributed by atoms with E-state index in [1.165, 1.54) is 5.56 Å². The third kappa shape index (κ3) is 2.63. The molecule has 0 spiro atoms. The molecular weight excluding hydrogens is 278 g/mol. The summed E-state index contributed by atoms with van der Waals surface area (Å²) >= 11 is 0. The normalized spacial score (nSPS) is 22.3. The monoisotopic (exact) mass is 303 g/mol. The average molecular weight is 303 g/mol. The first-order chi connectivity index (χ1) is 10.6. The molecule has 22 heavy (non-hydrogen) atoms. The fourth-order valence-electron chi connectivity index (χ4n) is 3.58. The molecule has 1 aliphatic carbocycles. The van der Waals surface area contributed by atoms with Gasteiger partial charge in [0.1, 0.15) is 0 Å². The number of rotatable bonds is 5. The van der Waals surface area contributed by atoms with E-state index in [9.17, 15) is 4.79 Å². The van der Waals surface area contributed by atoms with E-state index in [4.69, 9.17) is 21.2 Å². The van der Waals surface area contributed by atoms with E-state index in [1.807, 2.05) is 6.07 Å². The molecule has 1 unspecified atom stereocenters. The second-order valence-corrected chi connectivity index (χ2v) is 6.62. The highest BCUT2D eigenvalue weighted by atomic mass is 16.5. The van der Waals surface area contributed by atoms with E-state index in [0.29, 0.717) is 18.4 Å². The van der Waals surface area contributed by atoms with Crippen LogP contribution in [0.4, 0.5) is 0 Å². The second kappa shape index (κ2) is 5.97. The summed E-state index contributed by atoms with van der Waals surface area (Å²) in [5, 5.41) is 0. The number of carbonyl (C=O) groups excluding carboxylic acids is 1. The Morgan fingerprint density at radius 2 is 2.09 bits per heavy atom. The lowest BCUT2D eigenvalue weighted by Gasteiger charge is -2.29. The molecule has 0 aromatic carbocycles. The number of aromatic nitrogens is 1. The molecule has 2 heterocycles. The number of ether oxygens (including phenoxy) is 1. The lowest BCUT2D eigenvalue weighted by molar-refractivity contribution is -0.120. The zero-order chi connectivity index (χ0) is 15.7. The molecule has 5 nitrogen and oxygen atoms in total. The summed E-state index contributed by atoms with van der Waals surface area (Å²) in [6, 6.07) is 4.08. The van der Waals surface area contributed by atoms with Gasteiger partial charge in [-0.05, 0) is 49.1 Å². The zero-order valence-electron chi connectivity index (χ0n) is 13.2. The van der Waals surface area contributed by atoms with Crippen molar-refractivity contribution in [1.82, 2.24) is 4.98 Å². The molecule has 1 saturated heterocycles. The zero-order valence-corrected chi connectivity index (χ0v) is 13.2. The van der Waals surface area contributed by atoms with Gasteiger partial charge in [-0.15, -0.1) is 0 Å². The first-order valence-corrected chi connectivity index (χ1v) is 8.16. The Balaban J connectivity index is 1.87. The SMILES string of the molecule is CC(c1ccc(C2(C(N)=O)CC2)nc1CN)C1CCOCC1. The molecule has 1 saturated carbocycles. The summed E-state index contributed by atoms with van der Waals surface area (Å²) in [6.45, 7) is 4.31. The minimum Gasteiger partial charge on any atom is -0.381 e. The van der Waals surface area contributed by atoms with Gasteiger partial charge in [0.2, 0.25) is 5.91 Å². The molecule has 3 rings (SSSR count). The summed E-state index contributed by atoms with van der Waals surface area (Å²) in [5.74, 6) is 0.749. The molecule has 0 bridgehead atoms. The molecule has 1 amide bonds. The highest BCUT2D eigenvalue weighted by molar-refractivity contribution is 5.89.